The van der Waals surface area contributed by atoms with Crippen LogP contribution in [0.2, 0.25) is 0 Å². The van der Waals surface area contributed by atoms with E-state index in [2.05, 4.69) is 16.4 Å². The minimum absolute atomic E-state index is 0.152. The van der Waals surface area contributed by atoms with Gasteiger partial charge in [0.1, 0.15) is 0 Å². The van der Waals surface area contributed by atoms with E-state index in [-0.39, 0.29) is 10.8 Å². The van der Waals surface area contributed by atoms with Crippen LogP contribution in [0.5, 0.6) is 0 Å². The zero-order valence-electron chi connectivity index (χ0n) is 15.3. The third-order valence-corrected chi connectivity index (χ3v) is 8.87. The molecule has 1 aliphatic heterocycles. The largest absolute Gasteiger partial charge is 0.298 e. The molecule has 5 nitrogen and oxygen atoms in total. The summed E-state index contributed by atoms with van der Waals surface area (Å²) < 4.78 is 24.7. The van der Waals surface area contributed by atoms with Crippen molar-refractivity contribution in [2.45, 2.75) is 34.6 Å². The van der Waals surface area contributed by atoms with Crippen molar-refractivity contribution in [3.63, 3.8) is 0 Å². The lowest BCUT2D eigenvalue weighted by Crippen LogP contribution is -2.16. The summed E-state index contributed by atoms with van der Waals surface area (Å²) in [6.07, 6.45) is 0. The number of thioether (sulfide) groups is 1. The lowest BCUT2D eigenvalue weighted by molar-refractivity contribution is 0.102. The smallest absolute Gasteiger partial charge is 0.257 e. The molecular formula is C20H18N2O3S3. The van der Waals surface area contributed by atoms with Gasteiger partial charge in [0.15, 0.2) is 15.0 Å². The van der Waals surface area contributed by atoms with E-state index in [0.717, 1.165) is 21.9 Å². The van der Waals surface area contributed by atoms with Crippen molar-refractivity contribution in [2.75, 3.05) is 5.32 Å². The fourth-order valence-corrected chi connectivity index (χ4v) is 6.10. The number of aromatic nitrogens is 1. The molecule has 4 rings (SSSR count). The van der Waals surface area contributed by atoms with Crippen molar-refractivity contribution in [2.24, 2.45) is 0 Å². The molecule has 1 aromatic heterocycles. The van der Waals surface area contributed by atoms with Crippen LogP contribution in [0.3, 0.4) is 0 Å². The summed E-state index contributed by atoms with van der Waals surface area (Å²) in [5.74, 6) is 0.454. The number of carbonyl (C=O) groups is 1. The van der Waals surface area contributed by atoms with Gasteiger partial charge in [0.25, 0.3) is 5.91 Å². The second kappa shape index (κ2) is 7.35. The average molecular weight is 431 g/mol. The molecule has 1 aliphatic rings. The van der Waals surface area contributed by atoms with Gasteiger partial charge in [0, 0.05) is 26.7 Å². The molecule has 2 aromatic carbocycles. The predicted molar refractivity (Wildman–Crippen MR) is 114 cm³/mol. The number of carbonyl (C=O) groups excluding carboxylic acids is 1. The molecule has 0 aliphatic carbocycles. The van der Waals surface area contributed by atoms with E-state index in [1.807, 2.05) is 18.2 Å². The quantitative estimate of drug-likeness (QED) is 0.640. The highest BCUT2D eigenvalue weighted by molar-refractivity contribution is 7.98. The Kier molecular flexibility index (Phi) is 5.03. The van der Waals surface area contributed by atoms with Gasteiger partial charge in [0.2, 0.25) is 0 Å². The van der Waals surface area contributed by atoms with E-state index < -0.39 is 15.1 Å². The zero-order valence-corrected chi connectivity index (χ0v) is 17.7. The van der Waals surface area contributed by atoms with Crippen LogP contribution in [0.1, 0.15) is 29.1 Å². The number of nitrogens with zero attached hydrogens (tertiary/aromatic N) is 1. The van der Waals surface area contributed by atoms with Crippen LogP contribution in [-0.4, -0.2) is 24.6 Å². The van der Waals surface area contributed by atoms with Crippen molar-refractivity contribution < 1.29 is 13.2 Å². The van der Waals surface area contributed by atoms with E-state index in [4.69, 9.17) is 0 Å². The molecule has 0 saturated heterocycles. The first-order chi connectivity index (χ1) is 13.4. The zero-order chi connectivity index (χ0) is 19.9. The number of benzene rings is 2. The lowest BCUT2D eigenvalue weighted by atomic mass is 10.1. The SMILES string of the molecule is CC(C)S(=O)(=O)c1cccc(C(=O)Nc2nc3c(s2)CSc2ccccc2-3)c1. The van der Waals surface area contributed by atoms with Gasteiger partial charge in [0.05, 0.1) is 15.8 Å². The van der Waals surface area contributed by atoms with Crippen LogP contribution in [-0.2, 0) is 15.6 Å². The van der Waals surface area contributed by atoms with E-state index in [9.17, 15) is 13.2 Å². The molecule has 144 valence electrons. The summed E-state index contributed by atoms with van der Waals surface area (Å²) in [5, 5.41) is 2.79. The maximum Gasteiger partial charge on any atom is 0.257 e. The molecule has 0 atom stereocenters. The van der Waals surface area contributed by atoms with Crippen molar-refractivity contribution >= 4 is 44.0 Å². The van der Waals surface area contributed by atoms with Gasteiger partial charge in [-0.1, -0.05) is 24.3 Å². The van der Waals surface area contributed by atoms with Crippen LogP contribution in [0.15, 0.2) is 58.3 Å². The van der Waals surface area contributed by atoms with Crippen LogP contribution in [0.4, 0.5) is 5.13 Å². The molecule has 3 aromatic rings. The first-order valence-electron chi connectivity index (χ1n) is 8.73. The van der Waals surface area contributed by atoms with Crippen molar-refractivity contribution in [1.82, 2.24) is 4.98 Å². The van der Waals surface area contributed by atoms with E-state index >= 15 is 0 Å². The van der Waals surface area contributed by atoms with Crippen molar-refractivity contribution in [1.29, 1.82) is 0 Å². The molecule has 1 N–H and O–H groups in total. The number of hydrogen-bond donors (Lipinski definition) is 1. The van der Waals surface area contributed by atoms with Crippen LogP contribution in [0, 0.1) is 0 Å². The standard InChI is InChI=1S/C20H18N2O3S3/c1-12(2)28(24,25)14-7-5-6-13(10-14)19(23)22-20-21-18-15-8-3-4-9-16(15)26-11-17(18)27-20/h3-10,12H,11H2,1-2H3,(H,21,22,23). The highest BCUT2D eigenvalue weighted by Crippen LogP contribution is 2.44. The maximum atomic E-state index is 12.7. The number of nitrogens with one attached hydrogen (secondary N) is 1. The van der Waals surface area contributed by atoms with Crippen LogP contribution < -0.4 is 5.32 Å². The normalized spacial score (nSPS) is 13.1. The first-order valence-corrected chi connectivity index (χ1v) is 12.1. The summed E-state index contributed by atoms with van der Waals surface area (Å²) in [6, 6.07) is 14.2. The second-order valence-corrected chi connectivity index (χ2v) is 11.3. The summed E-state index contributed by atoms with van der Waals surface area (Å²) in [5.41, 5.74) is 2.28. The topological polar surface area (TPSA) is 76.1 Å². The Bertz CT molecular complexity index is 1170. The van der Waals surface area contributed by atoms with Gasteiger partial charge in [-0.3, -0.25) is 10.1 Å². The number of anilines is 1. The Morgan fingerprint density at radius 3 is 2.71 bits per heavy atom. The average Bonchev–Trinajstić information content (AvgIpc) is 3.11. The van der Waals surface area contributed by atoms with E-state index in [0.29, 0.717) is 10.7 Å². The molecule has 0 radical (unpaired) electrons. The molecule has 0 spiro atoms. The number of thiazole rings is 1. The van der Waals surface area contributed by atoms with Gasteiger partial charge in [-0.05, 0) is 38.1 Å². The summed E-state index contributed by atoms with van der Waals surface area (Å²) >= 11 is 3.21. The third-order valence-electron chi connectivity index (χ3n) is 4.46. The molecule has 8 heteroatoms. The van der Waals surface area contributed by atoms with Gasteiger partial charge < -0.3 is 0 Å². The monoisotopic (exact) mass is 430 g/mol. The van der Waals surface area contributed by atoms with Gasteiger partial charge >= 0.3 is 0 Å². The minimum atomic E-state index is -3.44. The third kappa shape index (κ3) is 3.47. The molecular weight excluding hydrogens is 412 g/mol. The highest BCUT2D eigenvalue weighted by atomic mass is 32.2. The Balaban J connectivity index is 1.60. The van der Waals surface area contributed by atoms with Crippen LogP contribution >= 0.6 is 23.1 Å². The maximum absolute atomic E-state index is 12.7. The Morgan fingerprint density at radius 1 is 1.14 bits per heavy atom. The summed E-state index contributed by atoms with van der Waals surface area (Å²) in [7, 11) is -3.44. The van der Waals surface area contributed by atoms with Gasteiger partial charge in [-0.25, -0.2) is 13.4 Å². The van der Waals surface area contributed by atoms with Gasteiger partial charge in [-0.15, -0.1) is 23.1 Å². The minimum Gasteiger partial charge on any atom is -0.298 e. The molecule has 0 bridgehead atoms. The molecule has 0 fully saturated rings. The molecule has 2 heterocycles. The lowest BCUT2D eigenvalue weighted by Gasteiger charge is -2.13. The number of rotatable bonds is 4. The van der Waals surface area contributed by atoms with Gasteiger partial charge in [-0.2, -0.15) is 0 Å². The fourth-order valence-electron chi connectivity index (χ4n) is 2.90. The van der Waals surface area contributed by atoms with E-state index in [1.165, 1.54) is 28.4 Å². The van der Waals surface area contributed by atoms with Crippen LogP contribution in [0.25, 0.3) is 11.3 Å². The number of fused-ring (bicyclic) bond motifs is 3. The molecule has 0 unspecified atom stereocenters. The number of sulfone groups is 1. The van der Waals surface area contributed by atoms with E-state index in [1.54, 1.807) is 37.7 Å². The van der Waals surface area contributed by atoms with Crippen molar-refractivity contribution in [3.05, 3.63) is 59.0 Å². The number of hydrogen-bond acceptors (Lipinski definition) is 6. The first kappa shape index (κ1) is 19.2. The molecule has 28 heavy (non-hydrogen) atoms. The Morgan fingerprint density at radius 2 is 1.93 bits per heavy atom. The number of amides is 1. The van der Waals surface area contributed by atoms with Crippen molar-refractivity contribution in [3.8, 4) is 11.3 Å². The molecule has 1 amide bonds. The summed E-state index contributed by atoms with van der Waals surface area (Å²) in [4.78, 5) is 19.7. The molecule has 0 saturated carbocycles. The Hall–Kier alpha value is -2.16. The Labute approximate surface area is 172 Å². The fraction of sp³-hybridized carbons (Fsp3) is 0.200. The highest BCUT2D eigenvalue weighted by Gasteiger charge is 2.23. The summed E-state index contributed by atoms with van der Waals surface area (Å²) in [6.45, 7) is 3.25. The second-order valence-electron chi connectivity index (χ2n) is 6.65. The predicted octanol–water partition coefficient (Wildman–Crippen LogP) is 4.85.